The molecule has 5 heteroatoms. The zero-order chi connectivity index (χ0) is 11.4. The Kier molecular flexibility index (Phi) is 16.6. The predicted molar refractivity (Wildman–Crippen MR) is 68.9 cm³/mol. The maximum Gasteiger partial charge on any atom is 0.220 e. The Hall–Kier alpha value is -0.320. The quantitative estimate of drug-likeness (QED) is 0.579. The number of nitrogens with one attached hydrogen (secondary N) is 1. The highest BCUT2D eigenvalue weighted by atomic mass is 35.5. The monoisotopic (exact) mass is 252 g/mol. The van der Waals surface area contributed by atoms with Gasteiger partial charge in [-0.1, -0.05) is 12.8 Å². The van der Waals surface area contributed by atoms with E-state index in [2.05, 4.69) is 5.32 Å². The molecule has 0 heterocycles. The summed E-state index contributed by atoms with van der Waals surface area (Å²) in [6.07, 6.45) is 4.86. The SMILES string of the molecule is CCOCCNC(=O)CCCCCCN.Cl. The molecule has 0 aromatic rings. The maximum absolute atomic E-state index is 11.2. The van der Waals surface area contributed by atoms with E-state index in [4.69, 9.17) is 10.5 Å². The lowest BCUT2D eigenvalue weighted by Gasteiger charge is -2.04. The number of nitrogens with two attached hydrogens (primary N) is 1. The number of hydrogen-bond acceptors (Lipinski definition) is 3. The second-order valence-electron chi connectivity index (χ2n) is 3.50. The highest BCUT2D eigenvalue weighted by Crippen LogP contribution is 2.01. The smallest absolute Gasteiger partial charge is 0.220 e. The van der Waals surface area contributed by atoms with E-state index in [1.54, 1.807) is 0 Å². The Morgan fingerprint density at radius 1 is 1.25 bits per heavy atom. The van der Waals surface area contributed by atoms with Gasteiger partial charge in [-0.05, 0) is 26.3 Å². The zero-order valence-electron chi connectivity index (χ0n) is 10.2. The first-order valence-corrected chi connectivity index (χ1v) is 5.85. The number of unbranched alkanes of at least 4 members (excludes halogenated alkanes) is 3. The molecule has 16 heavy (non-hydrogen) atoms. The molecule has 0 aliphatic rings. The van der Waals surface area contributed by atoms with Gasteiger partial charge < -0.3 is 15.8 Å². The normalized spacial score (nSPS) is 9.62. The topological polar surface area (TPSA) is 64.3 Å². The molecule has 0 aliphatic carbocycles. The van der Waals surface area contributed by atoms with Crippen LogP contribution in [0.15, 0.2) is 0 Å². The Bertz CT molecular complexity index is 157. The van der Waals surface area contributed by atoms with Crippen molar-refractivity contribution in [3.63, 3.8) is 0 Å². The minimum Gasteiger partial charge on any atom is -0.380 e. The minimum atomic E-state index is 0. The van der Waals surface area contributed by atoms with Crippen LogP contribution in [-0.4, -0.2) is 32.2 Å². The average Bonchev–Trinajstić information content (AvgIpc) is 2.24. The molecule has 98 valence electrons. The molecule has 0 saturated heterocycles. The summed E-state index contributed by atoms with van der Waals surface area (Å²) in [6, 6.07) is 0. The van der Waals surface area contributed by atoms with Gasteiger partial charge in [-0.15, -0.1) is 12.4 Å². The summed E-state index contributed by atoms with van der Waals surface area (Å²) in [5.41, 5.74) is 5.37. The van der Waals surface area contributed by atoms with Crippen LogP contribution < -0.4 is 11.1 Å². The fourth-order valence-electron chi connectivity index (χ4n) is 1.28. The summed E-state index contributed by atoms with van der Waals surface area (Å²) in [5.74, 6) is 0.127. The fraction of sp³-hybridized carbons (Fsp3) is 0.909. The molecule has 0 saturated carbocycles. The van der Waals surface area contributed by atoms with Gasteiger partial charge in [0.15, 0.2) is 0 Å². The van der Waals surface area contributed by atoms with Crippen LogP contribution in [0.4, 0.5) is 0 Å². The Morgan fingerprint density at radius 2 is 1.94 bits per heavy atom. The molecule has 4 nitrogen and oxygen atoms in total. The van der Waals surface area contributed by atoms with Crippen LogP contribution in [0, 0.1) is 0 Å². The van der Waals surface area contributed by atoms with Gasteiger partial charge in [0.25, 0.3) is 0 Å². The van der Waals surface area contributed by atoms with E-state index in [1.165, 1.54) is 0 Å². The largest absolute Gasteiger partial charge is 0.380 e. The number of hydrogen-bond donors (Lipinski definition) is 2. The van der Waals surface area contributed by atoms with Crippen LogP contribution in [0.2, 0.25) is 0 Å². The van der Waals surface area contributed by atoms with Crippen LogP contribution in [0.1, 0.15) is 39.0 Å². The number of ether oxygens (including phenoxy) is 1. The van der Waals surface area contributed by atoms with Crippen molar-refractivity contribution in [2.75, 3.05) is 26.3 Å². The van der Waals surface area contributed by atoms with Crippen molar-refractivity contribution in [2.24, 2.45) is 5.73 Å². The number of carbonyl (C=O) groups excluding carboxylic acids is 1. The third kappa shape index (κ3) is 13.7. The van der Waals surface area contributed by atoms with Crippen molar-refractivity contribution in [1.29, 1.82) is 0 Å². The Labute approximate surface area is 105 Å². The molecule has 0 aromatic heterocycles. The third-order valence-corrected chi connectivity index (χ3v) is 2.13. The van der Waals surface area contributed by atoms with Gasteiger partial charge >= 0.3 is 0 Å². The van der Waals surface area contributed by atoms with Crippen molar-refractivity contribution >= 4 is 18.3 Å². The van der Waals surface area contributed by atoms with Gasteiger partial charge in [-0.2, -0.15) is 0 Å². The lowest BCUT2D eigenvalue weighted by Crippen LogP contribution is -2.26. The number of carbonyl (C=O) groups is 1. The highest BCUT2D eigenvalue weighted by molar-refractivity contribution is 5.85. The van der Waals surface area contributed by atoms with Crippen LogP contribution in [-0.2, 0) is 9.53 Å². The molecule has 0 aliphatic heterocycles. The van der Waals surface area contributed by atoms with E-state index in [1.807, 2.05) is 6.92 Å². The lowest BCUT2D eigenvalue weighted by atomic mass is 10.1. The number of rotatable bonds is 10. The molecule has 0 unspecified atom stereocenters. The lowest BCUT2D eigenvalue weighted by molar-refractivity contribution is -0.121. The summed E-state index contributed by atoms with van der Waals surface area (Å²) in [6.45, 7) is 4.62. The Morgan fingerprint density at radius 3 is 2.56 bits per heavy atom. The zero-order valence-corrected chi connectivity index (χ0v) is 11.0. The molecule has 3 N–H and O–H groups in total. The fourth-order valence-corrected chi connectivity index (χ4v) is 1.28. The molecule has 0 rings (SSSR count). The van der Waals surface area contributed by atoms with Crippen molar-refractivity contribution in [2.45, 2.75) is 39.0 Å². The van der Waals surface area contributed by atoms with Gasteiger partial charge in [0, 0.05) is 19.6 Å². The molecule has 0 bridgehead atoms. The van der Waals surface area contributed by atoms with Crippen molar-refractivity contribution < 1.29 is 9.53 Å². The molecule has 0 atom stereocenters. The number of amides is 1. The first-order valence-electron chi connectivity index (χ1n) is 5.85. The van der Waals surface area contributed by atoms with E-state index in [0.29, 0.717) is 26.2 Å². The predicted octanol–water partition coefficient (Wildman–Crippen LogP) is 1.47. The minimum absolute atomic E-state index is 0. The summed E-state index contributed by atoms with van der Waals surface area (Å²) in [5, 5.41) is 2.82. The molecular weight excluding hydrogens is 228 g/mol. The molecule has 1 amide bonds. The second kappa shape index (κ2) is 14.7. The van der Waals surface area contributed by atoms with E-state index in [9.17, 15) is 4.79 Å². The second-order valence-corrected chi connectivity index (χ2v) is 3.50. The Balaban J connectivity index is 0. The van der Waals surface area contributed by atoms with E-state index in [0.717, 1.165) is 32.2 Å². The number of halogens is 1. The first kappa shape index (κ1) is 18.1. The molecule has 0 radical (unpaired) electrons. The van der Waals surface area contributed by atoms with E-state index in [-0.39, 0.29) is 18.3 Å². The average molecular weight is 253 g/mol. The molecular formula is C11H25ClN2O2. The van der Waals surface area contributed by atoms with E-state index < -0.39 is 0 Å². The van der Waals surface area contributed by atoms with Gasteiger partial charge in [0.05, 0.1) is 6.61 Å². The third-order valence-electron chi connectivity index (χ3n) is 2.13. The standard InChI is InChI=1S/C11H24N2O2.ClH/c1-2-15-10-9-13-11(14)7-5-3-4-6-8-12;/h2-10,12H2,1H3,(H,13,14);1H. The van der Waals surface area contributed by atoms with Gasteiger partial charge in [-0.3, -0.25) is 4.79 Å². The van der Waals surface area contributed by atoms with Gasteiger partial charge in [0.1, 0.15) is 0 Å². The summed E-state index contributed by atoms with van der Waals surface area (Å²) < 4.78 is 5.11. The van der Waals surface area contributed by atoms with Crippen LogP contribution in [0.3, 0.4) is 0 Å². The van der Waals surface area contributed by atoms with Crippen LogP contribution in [0.25, 0.3) is 0 Å². The molecule has 0 fully saturated rings. The van der Waals surface area contributed by atoms with Crippen molar-refractivity contribution in [3.05, 3.63) is 0 Å². The van der Waals surface area contributed by atoms with E-state index >= 15 is 0 Å². The summed E-state index contributed by atoms with van der Waals surface area (Å²) in [7, 11) is 0. The molecule has 0 spiro atoms. The van der Waals surface area contributed by atoms with Gasteiger partial charge in [-0.25, -0.2) is 0 Å². The molecule has 0 aromatic carbocycles. The van der Waals surface area contributed by atoms with Gasteiger partial charge in [0.2, 0.25) is 5.91 Å². The van der Waals surface area contributed by atoms with Crippen LogP contribution >= 0.6 is 12.4 Å². The van der Waals surface area contributed by atoms with Crippen molar-refractivity contribution in [3.8, 4) is 0 Å². The maximum atomic E-state index is 11.2. The van der Waals surface area contributed by atoms with Crippen molar-refractivity contribution in [1.82, 2.24) is 5.32 Å². The first-order chi connectivity index (χ1) is 7.31. The highest BCUT2D eigenvalue weighted by Gasteiger charge is 1.99. The summed E-state index contributed by atoms with van der Waals surface area (Å²) >= 11 is 0. The summed E-state index contributed by atoms with van der Waals surface area (Å²) in [4.78, 5) is 11.2. The van der Waals surface area contributed by atoms with Crippen LogP contribution in [0.5, 0.6) is 0 Å².